The van der Waals surface area contributed by atoms with Crippen molar-refractivity contribution < 1.29 is 8.78 Å². The number of hydrogen-bond acceptors (Lipinski definition) is 5. The molecule has 3 atom stereocenters. The minimum Gasteiger partial charge on any atom is -0.381 e. The third kappa shape index (κ3) is 4.35. The van der Waals surface area contributed by atoms with Crippen LogP contribution >= 0.6 is 0 Å². The number of alkyl halides is 2. The Balaban J connectivity index is 1.83. The van der Waals surface area contributed by atoms with Gasteiger partial charge < -0.3 is 21.7 Å². The molecule has 9 heteroatoms. The van der Waals surface area contributed by atoms with Crippen LogP contribution in [0.4, 0.5) is 8.78 Å². The number of fused-ring (bicyclic) bond motifs is 1. The van der Waals surface area contributed by atoms with Gasteiger partial charge in [-0.05, 0) is 26.0 Å². The number of hydrogen-bond donors (Lipinski definition) is 4. The number of aromatic nitrogens is 2. The Morgan fingerprint density at radius 2 is 2.11 bits per heavy atom. The average molecular weight is 393 g/mol. The number of rotatable bonds is 8. The predicted octanol–water partition coefficient (Wildman–Crippen LogP) is 1.66. The van der Waals surface area contributed by atoms with Crippen LogP contribution in [-0.2, 0) is 6.54 Å². The number of nitrogens with one attached hydrogen (secondary N) is 3. The lowest BCUT2D eigenvalue weighted by Crippen LogP contribution is -2.58. The van der Waals surface area contributed by atoms with E-state index in [-0.39, 0.29) is 31.6 Å². The van der Waals surface area contributed by atoms with E-state index in [9.17, 15) is 8.78 Å². The lowest BCUT2D eigenvalue weighted by Gasteiger charge is -2.35. The fraction of sp³-hybridized carbons (Fsp3) is 0.579. The molecule has 2 aliphatic heterocycles. The molecule has 2 unspecified atom stereocenters. The number of aryl methyl sites for hydroxylation is 1. The third-order valence-corrected chi connectivity index (χ3v) is 5.23. The highest BCUT2D eigenvalue weighted by atomic mass is 19.3. The molecule has 3 heterocycles. The molecule has 154 valence electrons. The second-order valence-corrected chi connectivity index (χ2v) is 7.09. The molecule has 1 aromatic rings. The van der Waals surface area contributed by atoms with Crippen molar-refractivity contribution in [3.05, 3.63) is 36.4 Å². The van der Waals surface area contributed by atoms with Gasteiger partial charge in [0.15, 0.2) is 0 Å². The van der Waals surface area contributed by atoms with Crippen LogP contribution in [0.2, 0.25) is 0 Å². The SMILES string of the molecule is CC[C@H](CN=C1NC(c2cnn(CC)c2)=CC2NC=CNC12)C(F)(F)CCN. The van der Waals surface area contributed by atoms with Crippen molar-refractivity contribution in [2.24, 2.45) is 16.6 Å². The van der Waals surface area contributed by atoms with Crippen LogP contribution in [0.3, 0.4) is 0 Å². The summed E-state index contributed by atoms with van der Waals surface area (Å²) in [5, 5.41) is 14.2. The summed E-state index contributed by atoms with van der Waals surface area (Å²) in [6.07, 6.45) is 9.46. The summed E-state index contributed by atoms with van der Waals surface area (Å²) in [4.78, 5) is 4.57. The van der Waals surface area contributed by atoms with Gasteiger partial charge >= 0.3 is 0 Å². The summed E-state index contributed by atoms with van der Waals surface area (Å²) in [5.74, 6) is -3.01. The van der Waals surface area contributed by atoms with Gasteiger partial charge in [0.05, 0.1) is 12.2 Å². The minimum atomic E-state index is -2.82. The highest BCUT2D eigenvalue weighted by Gasteiger charge is 2.38. The predicted molar refractivity (Wildman–Crippen MR) is 107 cm³/mol. The maximum Gasteiger partial charge on any atom is 0.253 e. The molecule has 0 fully saturated rings. The monoisotopic (exact) mass is 393 g/mol. The number of halogens is 2. The Morgan fingerprint density at radius 3 is 2.79 bits per heavy atom. The maximum atomic E-state index is 14.3. The molecule has 0 amide bonds. The third-order valence-electron chi connectivity index (χ3n) is 5.23. The second-order valence-electron chi connectivity index (χ2n) is 7.09. The van der Waals surface area contributed by atoms with Crippen LogP contribution in [0.15, 0.2) is 35.9 Å². The number of aliphatic imine (C=N–C) groups is 1. The largest absolute Gasteiger partial charge is 0.381 e. The smallest absolute Gasteiger partial charge is 0.253 e. The van der Waals surface area contributed by atoms with Gasteiger partial charge in [-0.15, -0.1) is 0 Å². The van der Waals surface area contributed by atoms with E-state index < -0.39 is 11.8 Å². The molecule has 0 radical (unpaired) electrons. The number of nitrogens with zero attached hydrogens (tertiary/aromatic N) is 3. The summed E-state index contributed by atoms with van der Waals surface area (Å²) >= 11 is 0. The molecule has 5 N–H and O–H groups in total. The summed E-state index contributed by atoms with van der Waals surface area (Å²) in [7, 11) is 0. The zero-order chi connectivity index (χ0) is 20.1. The van der Waals surface area contributed by atoms with Gasteiger partial charge in [-0.3, -0.25) is 9.67 Å². The van der Waals surface area contributed by atoms with Crippen LogP contribution in [0, 0.1) is 5.92 Å². The van der Waals surface area contributed by atoms with Crippen molar-refractivity contribution in [2.45, 2.75) is 51.2 Å². The van der Waals surface area contributed by atoms with Crippen molar-refractivity contribution >= 4 is 11.5 Å². The molecular formula is C19H29F2N7. The van der Waals surface area contributed by atoms with Crippen LogP contribution < -0.4 is 21.7 Å². The molecule has 0 bridgehead atoms. The first-order chi connectivity index (χ1) is 13.5. The molecule has 28 heavy (non-hydrogen) atoms. The topological polar surface area (TPSA) is 92.3 Å². The molecule has 2 aliphatic rings. The second kappa shape index (κ2) is 8.72. The van der Waals surface area contributed by atoms with E-state index >= 15 is 0 Å². The zero-order valence-electron chi connectivity index (χ0n) is 16.3. The van der Waals surface area contributed by atoms with Crippen LogP contribution in [-0.4, -0.2) is 46.7 Å². The van der Waals surface area contributed by atoms with Crippen LogP contribution in [0.1, 0.15) is 32.3 Å². The molecule has 0 spiro atoms. The Kier molecular flexibility index (Phi) is 6.33. The fourth-order valence-electron chi connectivity index (χ4n) is 3.49. The summed E-state index contributed by atoms with van der Waals surface area (Å²) in [6, 6.07) is -0.176. The lowest BCUT2D eigenvalue weighted by molar-refractivity contribution is -0.0607. The van der Waals surface area contributed by atoms with E-state index in [0.29, 0.717) is 12.3 Å². The van der Waals surface area contributed by atoms with Gasteiger partial charge in [0.2, 0.25) is 0 Å². The van der Waals surface area contributed by atoms with Crippen molar-refractivity contribution in [1.82, 2.24) is 25.7 Å². The standard InChI is InChI=1S/C19H29F2N7/c1-3-14(19(20,21)5-6-22)11-25-18-17-16(23-7-8-24-17)9-15(27-18)13-10-26-28(4-2)12-13/h7-10,12,14,16-17,23-24H,3-6,11,22H2,1-2H3,(H,25,27)/t14-,16?,17?/m1/s1. The van der Waals surface area contributed by atoms with Crippen molar-refractivity contribution in [1.29, 1.82) is 0 Å². The Hall–Kier alpha value is -2.42. The zero-order valence-corrected chi connectivity index (χ0v) is 16.3. The van der Waals surface area contributed by atoms with Crippen LogP contribution in [0.25, 0.3) is 5.70 Å². The summed E-state index contributed by atoms with van der Waals surface area (Å²) in [6.45, 7) is 4.57. The van der Waals surface area contributed by atoms with Gasteiger partial charge in [-0.2, -0.15) is 5.10 Å². The average Bonchev–Trinajstić information content (AvgIpc) is 3.17. The van der Waals surface area contributed by atoms with Crippen molar-refractivity contribution in [3.63, 3.8) is 0 Å². The molecule has 0 aromatic carbocycles. The quantitative estimate of drug-likeness (QED) is 0.539. The van der Waals surface area contributed by atoms with Gasteiger partial charge in [-0.1, -0.05) is 6.92 Å². The molecule has 7 nitrogen and oxygen atoms in total. The fourth-order valence-corrected chi connectivity index (χ4v) is 3.49. The Bertz CT molecular complexity index is 753. The van der Waals surface area contributed by atoms with Gasteiger partial charge in [0.1, 0.15) is 11.9 Å². The first kappa shape index (κ1) is 20.3. The van der Waals surface area contributed by atoms with E-state index in [1.807, 2.05) is 24.0 Å². The highest BCUT2D eigenvalue weighted by molar-refractivity contribution is 5.98. The van der Waals surface area contributed by atoms with Crippen molar-refractivity contribution in [2.75, 3.05) is 13.1 Å². The minimum absolute atomic E-state index is 0.0328. The normalized spacial score (nSPS) is 24.0. The maximum absolute atomic E-state index is 14.3. The van der Waals surface area contributed by atoms with E-state index in [0.717, 1.165) is 17.8 Å². The van der Waals surface area contributed by atoms with Gasteiger partial charge in [0, 0.05) is 55.3 Å². The van der Waals surface area contributed by atoms with E-state index in [4.69, 9.17) is 5.73 Å². The summed E-state index contributed by atoms with van der Waals surface area (Å²) < 4.78 is 30.5. The van der Waals surface area contributed by atoms with E-state index in [2.05, 4.69) is 32.1 Å². The number of nitrogens with two attached hydrogens (primary N) is 1. The Morgan fingerprint density at radius 1 is 1.32 bits per heavy atom. The molecule has 0 saturated carbocycles. The lowest BCUT2D eigenvalue weighted by atomic mass is 9.95. The molecule has 1 aromatic heterocycles. The van der Waals surface area contributed by atoms with Gasteiger partial charge in [0.25, 0.3) is 5.92 Å². The van der Waals surface area contributed by atoms with E-state index in [1.165, 1.54) is 0 Å². The van der Waals surface area contributed by atoms with Crippen molar-refractivity contribution in [3.8, 4) is 0 Å². The number of amidine groups is 1. The highest BCUT2D eigenvalue weighted by Crippen LogP contribution is 2.31. The summed E-state index contributed by atoms with van der Waals surface area (Å²) in [5.41, 5.74) is 7.16. The Labute approximate surface area is 164 Å². The molecular weight excluding hydrogens is 364 g/mol. The van der Waals surface area contributed by atoms with E-state index in [1.54, 1.807) is 19.3 Å². The first-order valence-corrected chi connectivity index (χ1v) is 9.79. The molecule has 0 saturated heterocycles. The van der Waals surface area contributed by atoms with Crippen LogP contribution in [0.5, 0.6) is 0 Å². The first-order valence-electron chi connectivity index (χ1n) is 9.79. The molecule has 0 aliphatic carbocycles. The molecule has 3 rings (SSSR count). The van der Waals surface area contributed by atoms with Gasteiger partial charge in [-0.25, -0.2) is 8.78 Å².